The van der Waals surface area contributed by atoms with Crippen molar-refractivity contribution in [3.05, 3.63) is 22.8 Å². The highest BCUT2D eigenvalue weighted by Gasteiger charge is 2.18. The first kappa shape index (κ1) is 12.1. The minimum Gasteiger partial charge on any atom is -0.382 e. The van der Waals surface area contributed by atoms with Crippen molar-refractivity contribution in [2.45, 2.75) is 6.42 Å². The average Bonchev–Trinajstić information content (AvgIpc) is 2.60. The second-order valence-electron chi connectivity index (χ2n) is 3.85. The lowest BCUT2D eigenvalue weighted by atomic mass is 10.2. The molecule has 2 rings (SSSR count). The molecule has 1 aliphatic heterocycles. The van der Waals surface area contributed by atoms with Gasteiger partial charge in [-0.05, 0) is 12.5 Å². The van der Waals surface area contributed by atoms with Gasteiger partial charge in [-0.15, -0.1) is 0 Å². The summed E-state index contributed by atoms with van der Waals surface area (Å²) >= 11 is 5.85. The molecule has 0 bridgehead atoms. The van der Waals surface area contributed by atoms with Crippen LogP contribution in [-0.4, -0.2) is 42.1 Å². The zero-order valence-electron chi connectivity index (χ0n) is 9.36. The maximum atomic E-state index is 12.1. The first-order valence-electron chi connectivity index (χ1n) is 5.46. The lowest BCUT2D eigenvalue weighted by Crippen LogP contribution is -2.33. The topological polar surface area (TPSA) is 68.5 Å². The molecule has 0 aromatic carbocycles. The van der Waals surface area contributed by atoms with Gasteiger partial charge in [-0.3, -0.25) is 4.79 Å². The monoisotopic (exact) mass is 255 g/mol. The number of hydrogen-bond donors (Lipinski definition) is 1. The first-order chi connectivity index (χ1) is 8.18. The molecule has 92 valence electrons. The fraction of sp³-hybridized carbons (Fsp3) is 0.455. The van der Waals surface area contributed by atoms with Gasteiger partial charge in [0.25, 0.3) is 5.91 Å². The number of carbonyl (C=O) groups excluding carboxylic acids is 1. The molecule has 0 unspecified atom stereocenters. The van der Waals surface area contributed by atoms with Gasteiger partial charge in [0.05, 0.1) is 17.2 Å². The van der Waals surface area contributed by atoms with Crippen LogP contribution in [0.2, 0.25) is 5.02 Å². The highest BCUT2D eigenvalue weighted by atomic mass is 35.5. The Balaban J connectivity index is 2.14. The first-order valence-corrected chi connectivity index (χ1v) is 5.84. The highest BCUT2D eigenvalue weighted by Crippen LogP contribution is 2.18. The number of ether oxygens (including phenoxy) is 1. The van der Waals surface area contributed by atoms with Crippen LogP contribution in [0.1, 0.15) is 16.8 Å². The van der Waals surface area contributed by atoms with E-state index in [1.165, 1.54) is 6.20 Å². The third-order valence-corrected chi connectivity index (χ3v) is 2.93. The van der Waals surface area contributed by atoms with E-state index in [2.05, 4.69) is 4.98 Å². The van der Waals surface area contributed by atoms with Gasteiger partial charge in [-0.2, -0.15) is 0 Å². The van der Waals surface area contributed by atoms with Crippen LogP contribution >= 0.6 is 11.6 Å². The van der Waals surface area contributed by atoms with Crippen LogP contribution in [-0.2, 0) is 4.74 Å². The van der Waals surface area contributed by atoms with Gasteiger partial charge >= 0.3 is 0 Å². The number of anilines is 1. The Morgan fingerprint density at radius 2 is 2.29 bits per heavy atom. The summed E-state index contributed by atoms with van der Waals surface area (Å²) < 4.78 is 5.30. The smallest absolute Gasteiger partial charge is 0.255 e. The van der Waals surface area contributed by atoms with E-state index < -0.39 is 0 Å². The third-order valence-electron chi connectivity index (χ3n) is 2.63. The number of aromatic nitrogens is 1. The Morgan fingerprint density at radius 3 is 3.06 bits per heavy atom. The largest absolute Gasteiger partial charge is 0.382 e. The third kappa shape index (κ3) is 2.87. The molecule has 5 nitrogen and oxygen atoms in total. The lowest BCUT2D eigenvalue weighted by molar-refractivity contribution is 0.0741. The molecular weight excluding hydrogens is 242 g/mol. The molecule has 2 N–H and O–H groups in total. The van der Waals surface area contributed by atoms with Gasteiger partial charge in [-0.25, -0.2) is 4.98 Å². The predicted octanol–water partition coefficient (Wildman–Crippen LogP) is 1.18. The van der Waals surface area contributed by atoms with Crippen LogP contribution < -0.4 is 5.73 Å². The van der Waals surface area contributed by atoms with E-state index in [9.17, 15) is 4.79 Å². The average molecular weight is 256 g/mol. The molecule has 1 aromatic heterocycles. The Hall–Kier alpha value is -1.33. The standard InChI is InChI=1S/C11H14ClN3O2/c12-9-6-8(7-14-10(9)13)11(16)15-2-1-4-17-5-3-15/h6-7H,1-5H2,(H2,13,14). The molecule has 0 atom stereocenters. The van der Waals surface area contributed by atoms with Crippen LogP contribution in [0.4, 0.5) is 5.82 Å². The SMILES string of the molecule is Nc1ncc(C(=O)N2CCCOCC2)cc1Cl. The Bertz CT molecular complexity index is 417. The van der Waals surface area contributed by atoms with Crippen molar-refractivity contribution in [3.63, 3.8) is 0 Å². The van der Waals surface area contributed by atoms with Crippen LogP contribution in [0.3, 0.4) is 0 Å². The minimum atomic E-state index is -0.0788. The summed E-state index contributed by atoms with van der Waals surface area (Å²) in [6.07, 6.45) is 2.30. The number of hydrogen-bond acceptors (Lipinski definition) is 4. The molecule has 1 aromatic rings. The molecule has 0 radical (unpaired) electrons. The van der Waals surface area contributed by atoms with Gasteiger partial charge in [0.1, 0.15) is 5.82 Å². The molecule has 0 spiro atoms. The molecular formula is C11H14ClN3O2. The number of carbonyl (C=O) groups is 1. The Labute approximate surface area is 105 Å². The molecule has 6 heteroatoms. The number of nitrogen functional groups attached to an aromatic ring is 1. The Kier molecular flexibility index (Phi) is 3.81. The molecule has 0 saturated carbocycles. The van der Waals surface area contributed by atoms with Crippen molar-refractivity contribution in [2.75, 3.05) is 32.0 Å². The van der Waals surface area contributed by atoms with Crippen molar-refractivity contribution in [2.24, 2.45) is 0 Å². The number of nitrogens with two attached hydrogens (primary N) is 1. The molecule has 0 aliphatic carbocycles. The summed E-state index contributed by atoms with van der Waals surface area (Å²) in [7, 11) is 0. The van der Waals surface area contributed by atoms with Gasteiger partial charge in [0.15, 0.2) is 0 Å². The molecule has 1 fully saturated rings. The summed E-state index contributed by atoms with van der Waals surface area (Å²) in [5, 5.41) is 0.307. The maximum absolute atomic E-state index is 12.1. The van der Waals surface area contributed by atoms with Gasteiger partial charge in [0, 0.05) is 25.9 Å². The van der Waals surface area contributed by atoms with Crippen molar-refractivity contribution < 1.29 is 9.53 Å². The summed E-state index contributed by atoms with van der Waals surface area (Å²) in [4.78, 5) is 17.8. The van der Waals surface area contributed by atoms with Crippen LogP contribution in [0.15, 0.2) is 12.3 Å². The summed E-state index contributed by atoms with van der Waals surface area (Å²) in [5.41, 5.74) is 5.97. The normalized spacial score (nSPS) is 16.6. The predicted molar refractivity (Wildman–Crippen MR) is 65.0 cm³/mol. The number of pyridine rings is 1. The van der Waals surface area contributed by atoms with E-state index in [-0.39, 0.29) is 11.7 Å². The van der Waals surface area contributed by atoms with E-state index >= 15 is 0 Å². The van der Waals surface area contributed by atoms with Crippen molar-refractivity contribution in [3.8, 4) is 0 Å². The van der Waals surface area contributed by atoms with E-state index in [4.69, 9.17) is 22.1 Å². The van der Waals surface area contributed by atoms with Crippen molar-refractivity contribution in [1.29, 1.82) is 0 Å². The number of nitrogens with zero attached hydrogens (tertiary/aromatic N) is 2. The molecule has 2 heterocycles. The zero-order valence-corrected chi connectivity index (χ0v) is 10.1. The molecule has 17 heavy (non-hydrogen) atoms. The number of rotatable bonds is 1. The lowest BCUT2D eigenvalue weighted by Gasteiger charge is -2.19. The molecule has 1 aliphatic rings. The zero-order chi connectivity index (χ0) is 12.3. The van der Waals surface area contributed by atoms with Crippen molar-refractivity contribution >= 4 is 23.3 Å². The van der Waals surface area contributed by atoms with E-state index in [1.54, 1.807) is 11.0 Å². The summed E-state index contributed by atoms with van der Waals surface area (Å²) in [5.74, 6) is 0.160. The summed E-state index contributed by atoms with van der Waals surface area (Å²) in [6, 6.07) is 1.55. The highest BCUT2D eigenvalue weighted by molar-refractivity contribution is 6.33. The summed E-state index contributed by atoms with van der Waals surface area (Å²) in [6.45, 7) is 2.56. The maximum Gasteiger partial charge on any atom is 0.255 e. The second kappa shape index (κ2) is 5.33. The number of amides is 1. The molecule has 1 saturated heterocycles. The minimum absolute atomic E-state index is 0.0788. The Morgan fingerprint density at radius 1 is 1.47 bits per heavy atom. The van der Waals surface area contributed by atoms with Crippen molar-refractivity contribution in [1.82, 2.24) is 9.88 Å². The van der Waals surface area contributed by atoms with E-state index in [0.29, 0.717) is 36.9 Å². The van der Waals surface area contributed by atoms with Crippen LogP contribution in [0.5, 0.6) is 0 Å². The number of halogens is 1. The quantitative estimate of drug-likeness (QED) is 0.818. The second-order valence-corrected chi connectivity index (χ2v) is 4.26. The van der Waals surface area contributed by atoms with E-state index in [1.807, 2.05) is 0 Å². The van der Waals surface area contributed by atoms with E-state index in [0.717, 1.165) is 6.42 Å². The van der Waals surface area contributed by atoms with Gasteiger partial charge < -0.3 is 15.4 Å². The fourth-order valence-corrected chi connectivity index (χ4v) is 1.86. The van der Waals surface area contributed by atoms with Gasteiger partial charge in [0.2, 0.25) is 0 Å². The van der Waals surface area contributed by atoms with Crippen LogP contribution in [0.25, 0.3) is 0 Å². The molecule has 1 amide bonds. The fourth-order valence-electron chi connectivity index (χ4n) is 1.70. The van der Waals surface area contributed by atoms with Crippen LogP contribution in [0, 0.1) is 0 Å². The van der Waals surface area contributed by atoms with Gasteiger partial charge in [-0.1, -0.05) is 11.6 Å².